The third-order valence-electron chi connectivity index (χ3n) is 4.14. The van der Waals surface area contributed by atoms with Crippen molar-refractivity contribution >= 4 is 22.7 Å². The summed E-state index contributed by atoms with van der Waals surface area (Å²) in [5.41, 5.74) is 5.14. The van der Waals surface area contributed by atoms with Crippen LogP contribution in [0.4, 0.5) is 0 Å². The zero-order valence-electron chi connectivity index (χ0n) is 17.2. The van der Waals surface area contributed by atoms with Gasteiger partial charge >= 0.3 is 5.18 Å². The Morgan fingerprint density at radius 3 is 2.62 bits per heavy atom. The maximum absolute atomic E-state index is 11.9. The standard InChI is InChI=1S/C22H27N3O3S/c1-5-27-19-11-12-20(17(14-19)13-15(2)3)21-24-25-22(29-21,23-16(4)26)28-18-9-7-6-8-10-18/h6-12,14-15,25H,5,13H2,1-4H3,(H,23,26). The second-order valence-corrected chi connectivity index (χ2v) is 8.36. The van der Waals surface area contributed by atoms with Crippen LogP contribution in [0.2, 0.25) is 0 Å². The molecule has 6 nitrogen and oxygen atoms in total. The maximum Gasteiger partial charge on any atom is 0.334 e. The zero-order valence-corrected chi connectivity index (χ0v) is 18.0. The first-order valence-electron chi connectivity index (χ1n) is 9.73. The van der Waals surface area contributed by atoms with Gasteiger partial charge in [0, 0.05) is 12.5 Å². The van der Waals surface area contributed by atoms with Crippen LogP contribution in [-0.2, 0) is 11.2 Å². The summed E-state index contributed by atoms with van der Waals surface area (Å²) in [6.45, 7) is 8.41. The quantitative estimate of drug-likeness (QED) is 0.638. The van der Waals surface area contributed by atoms with Crippen molar-refractivity contribution in [2.45, 2.75) is 39.3 Å². The van der Waals surface area contributed by atoms with Crippen molar-refractivity contribution in [3.8, 4) is 11.5 Å². The van der Waals surface area contributed by atoms with Crippen molar-refractivity contribution in [3.05, 3.63) is 59.7 Å². The summed E-state index contributed by atoms with van der Waals surface area (Å²) in [6, 6.07) is 15.4. The van der Waals surface area contributed by atoms with Gasteiger partial charge in [0.05, 0.1) is 6.61 Å². The number of nitrogens with zero attached hydrogens (tertiary/aromatic N) is 1. The van der Waals surface area contributed by atoms with Gasteiger partial charge in [-0.3, -0.25) is 10.1 Å². The smallest absolute Gasteiger partial charge is 0.334 e. The fraction of sp³-hybridized carbons (Fsp3) is 0.364. The lowest BCUT2D eigenvalue weighted by Gasteiger charge is -2.28. The number of hydrogen-bond donors (Lipinski definition) is 2. The van der Waals surface area contributed by atoms with Crippen LogP contribution in [0.1, 0.15) is 38.8 Å². The second-order valence-electron chi connectivity index (χ2n) is 7.19. The fourth-order valence-electron chi connectivity index (χ4n) is 3.07. The van der Waals surface area contributed by atoms with Crippen LogP contribution in [0.3, 0.4) is 0 Å². The Kier molecular flexibility index (Phi) is 6.69. The Balaban J connectivity index is 1.89. The Morgan fingerprint density at radius 2 is 1.97 bits per heavy atom. The molecular weight excluding hydrogens is 386 g/mol. The van der Waals surface area contributed by atoms with E-state index in [1.807, 2.05) is 49.4 Å². The number of hydrazone groups is 1. The molecule has 0 aromatic heterocycles. The molecule has 0 fully saturated rings. The molecule has 1 aliphatic heterocycles. The zero-order chi connectivity index (χ0) is 20.9. The van der Waals surface area contributed by atoms with E-state index in [0.29, 0.717) is 18.3 Å². The highest BCUT2D eigenvalue weighted by Crippen LogP contribution is 2.35. The predicted molar refractivity (Wildman–Crippen MR) is 117 cm³/mol. The molecule has 0 spiro atoms. The number of thioether (sulfide) groups is 1. The molecule has 3 rings (SSSR count). The van der Waals surface area contributed by atoms with Crippen LogP contribution in [0.25, 0.3) is 0 Å². The topological polar surface area (TPSA) is 72.0 Å². The minimum Gasteiger partial charge on any atom is -0.494 e. The summed E-state index contributed by atoms with van der Waals surface area (Å²) in [6.07, 6.45) is 0.891. The Morgan fingerprint density at radius 1 is 1.21 bits per heavy atom. The lowest BCUT2D eigenvalue weighted by atomic mass is 9.98. The molecule has 0 radical (unpaired) electrons. The summed E-state index contributed by atoms with van der Waals surface area (Å²) in [7, 11) is 0. The summed E-state index contributed by atoms with van der Waals surface area (Å²) < 4.78 is 11.8. The van der Waals surface area contributed by atoms with E-state index in [0.717, 1.165) is 28.3 Å². The molecule has 29 heavy (non-hydrogen) atoms. The number of amides is 1. The average Bonchev–Trinajstić information content (AvgIpc) is 3.05. The molecule has 1 aliphatic rings. The Hall–Kier alpha value is -2.67. The third-order valence-corrected chi connectivity index (χ3v) is 5.21. The molecule has 0 saturated heterocycles. The summed E-state index contributed by atoms with van der Waals surface area (Å²) in [5.74, 6) is 1.74. The Bertz CT molecular complexity index is 886. The molecule has 0 saturated carbocycles. The van der Waals surface area contributed by atoms with Crippen LogP contribution in [0.5, 0.6) is 11.5 Å². The van der Waals surface area contributed by atoms with Gasteiger partial charge in [0.2, 0.25) is 5.91 Å². The molecule has 1 unspecified atom stereocenters. The number of para-hydroxylation sites is 1. The number of hydrogen-bond acceptors (Lipinski definition) is 6. The normalized spacial score (nSPS) is 18.2. The summed E-state index contributed by atoms with van der Waals surface area (Å²) in [4.78, 5) is 11.9. The van der Waals surface area contributed by atoms with Gasteiger partial charge in [0.1, 0.15) is 16.5 Å². The van der Waals surface area contributed by atoms with Gasteiger partial charge in [-0.2, -0.15) is 5.10 Å². The van der Waals surface area contributed by atoms with Gasteiger partial charge in [-0.1, -0.05) is 32.0 Å². The van der Waals surface area contributed by atoms with E-state index in [4.69, 9.17) is 9.47 Å². The molecule has 1 amide bonds. The van der Waals surface area contributed by atoms with Gasteiger partial charge in [-0.15, -0.1) is 0 Å². The lowest BCUT2D eigenvalue weighted by molar-refractivity contribution is -0.122. The lowest BCUT2D eigenvalue weighted by Crippen LogP contribution is -2.56. The van der Waals surface area contributed by atoms with Crippen LogP contribution in [0, 0.1) is 5.92 Å². The van der Waals surface area contributed by atoms with Crippen molar-refractivity contribution in [2.75, 3.05) is 6.61 Å². The van der Waals surface area contributed by atoms with Crippen molar-refractivity contribution in [3.63, 3.8) is 0 Å². The van der Waals surface area contributed by atoms with Crippen molar-refractivity contribution in [2.24, 2.45) is 11.0 Å². The average molecular weight is 414 g/mol. The van der Waals surface area contributed by atoms with Gasteiger partial charge in [0.15, 0.2) is 0 Å². The molecule has 1 heterocycles. The van der Waals surface area contributed by atoms with E-state index < -0.39 is 5.18 Å². The molecule has 0 aliphatic carbocycles. The maximum atomic E-state index is 11.9. The van der Waals surface area contributed by atoms with Crippen LogP contribution in [-0.4, -0.2) is 22.7 Å². The fourth-order valence-corrected chi connectivity index (χ4v) is 4.17. The van der Waals surface area contributed by atoms with Crippen molar-refractivity contribution in [1.29, 1.82) is 0 Å². The highest BCUT2D eigenvalue weighted by Gasteiger charge is 2.42. The van der Waals surface area contributed by atoms with Crippen LogP contribution >= 0.6 is 11.8 Å². The van der Waals surface area contributed by atoms with Crippen LogP contribution < -0.4 is 20.2 Å². The number of nitrogens with one attached hydrogen (secondary N) is 2. The molecule has 2 aromatic carbocycles. The minimum absolute atomic E-state index is 0.216. The predicted octanol–water partition coefficient (Wildman–Crippen LogP) is 4.11. The molecule has 154 valence electrons. The number of benzene rings is 2. The first-order valence-corrected chi connectivity index (χ1v) is 10.5. The Labute approximate surface area is 176 Å². The molecular formula is C22H27N3O3S. The largest absolute Gasteiger partial charge is 0.494 e. The van der Waals surface area contributed by atoms with Crippen molar-refractivity contribution < 1.29 is 14.3 Å². The number of rotatable bonds is 8. The molecule has 7 heteroatoms. The molecule has 2 aromatic rings. The first-order chi connectivity index (χ1) is 13.9. The monoisotopic (exact) mass is 413 g/mol. The van der Waals surface area contributed by atoms with E-state index in [2.05, 4.69) is 35.8 Å². The minimum atomic E-state index is -1.20. The van der Waals surface area contributed by atoms with E-state index >= 15 is 0 Å². The van der Waals surface area contributed by atoms with E-state index in [-0.39, 0.29) is 5.91 Å². The van der Waals surface area contributed by atoms with Gasteiger partial charge < -0.3 is 9.47 Å². The van der Waals surface area contributed by atoms with E-state index in [1.165, 1.54) is 18.7 Å². The van der Waals surface area contributed by atoms with Crippen molar-refractivity contribution in [1.82, 2.24) is 10.7 Å². The molecule has 1 atom stereocenters. The summed E-state index contributed by atoms with van der Waals surface area (Å²) in [5, 5.41) is 6.91. The molecule has 0 bridgehead atoms. The van der Waals surface area contributed by atoms with Gasteiger partial charge in [-0.05, 0) is 66.9 Å². The number of ether oxygens (including phenoxy) is 2. The molecule has 2 N–H and O–H groups in total. The van der Waals surface area contributed by atoms with Gasteiger partial charge in [-0.25, -0.2) is 5.43 Å². The first kappa shape index (κ1) is 21.0. The number of carbonyl (C=O) groups is 1. The SMILES string of the molecule is CCOc1ccc(C2=NNC(NC(C)=O)(Oc3ccccc3)S2)c(CC(C)C)c1. The third kappa shape index (κ3) is 5.44. The summed E-state index contributed by atoms with van der Waals surface area (Å²) >= 11 is 1.34. The second kappa shape index (κ2) is 9.22. The van der Waals surface area contributed by atoms with Gasteiger partial charge in [0.25, 0.3) is 0 Å². The highest BCUT2D eigenvalue weighted by atomic mass is 32.2. The van der Waals surface area contributed by atoms with Crippen LogP contribution in [0.15, 0.2) is 53.6 Å². The highest BCUT2D eigenvalue weighted by molar-refractivity contribution is 8.15. The van der Waals surface area contributed by atoms with E-state index in [9.17, 15) is 4.79 Å². The number of carbonyl (C=O) groups excluding carboxylic acids is 1. The van der Waals surface area contributed by atoms with E-state index in [1.54, 1.807) is 0 Å².